The number of rotatable bonds is 5. The summed E-state index contributed by atoms with van der Waals surface area (Å²) in [5, 5.41) is 6.29. The molecule has 1 amide bonds. The van der Waals surface area contributed by atoms with E-state index in [1.807, 2.05) is 50.5 Å². The van der Waals surface area contributed by atoms with Gasteiger partial charge >= 0.3 is 0 Å². The van der Waals surface area contributed by atoms with E-state index in [1.54, 1.807) is 6.26 Å². The van der Waals surface area contributed by atoms with Gasteiger partial charge in [-0.1, -0.05) is 42.5 Å². The van der Waals surface area contributed by atoms with Crippen LogP contribution in [0.5, 0.6) is 0 Å². The Hall–Kier alpha value is -3.27. The van der Waals surface area contributed by atoms with Gasteiger partial charge in [-0.25, -0.2) is 0 Å². The normalized spacial score (nSPS) is 11.0. The minimum absolute atomic E-state index is 0.0117. The number of carbonyl (C=O) groups is 1. The van der Waals surface area contributed by atoms with Crippen LogP contribution in [0, 0.1) is 0 Å². The molecule has 0 atom stereocenters. The summed E-state index contributed by atoms with van der Waals surface area (Å²) < 4.78 is 5.67. The van der Waals surface area contributed by atoms with Gasteiger partial charge in [0, 0.05) is 37.3 Å². The highest BCUT2D eigenvalue weighted by Gasteiger charge is 2.13. The molecule has 0 spiro atoms. The van der Waals surface area contributed by atoms with Crippen LogP contribution in [0.15, 0.2) is 71.3 Å². The number of carbonyl (C=O) groups excluding carboxylic acids is 1. The Morgan fingerprint density at radius 2 is 1.78 bits per heavy atom. The van der Waals surface area contributed by atoms with Crippen molar-refractivity contribution in [2.75, 3.05) is 19.0 Å². The molecular formula is C23H22N2O2. The first kappa shape index (κ1) is 17.2. The molecule has 1 N–H and O–H groups in total. The molecule has 0 saturated carbocycles. The predicted molar refractivity (Wildman–Crippen MR) is 110 cm³/mol. The zero-order chi connectivity index (χ0) is 18.8. The Kier molecular flexibility index (Phi) is 4.55. The van der Waals surface area contributed by atoms with Gasteiger partial charge in [0.1, 0.15) is 5.58 Å². The maximum atomic E-state index is 12.5. The Bertz CT molecular complexity index is 1090. The second-order valence-corrected chi connectivity index (χ2v) is 6.94. The van der Waals surface area contributed by atoms with Crippen molar-refractivity contribution in [1.82, 2.24) is 5.32 Å². The topological polar surface area (TPSA) is 45.5 Å². The van der Waals surface area contributed by atoms with Crippen LogP contribution in [-0.4, -0.2) is 20.0 Å². The lowest BCUT2D eigenvalue weighted by atomic mass is 10.0. The molecule has 1 heterocycles. The third kappa shape index (κ3) is 3.51. The number of fused-ring (bicyclic) bond motifs is 3. The molecule has 0 saturated heterocycles. The fourth-order valence-corrected chi connectivity index (χ4v) is 3.35. The second kappa shape index (κ2) is 7.16. The summed E-state index contributed by atoms with van der Waals surface area (Å²) in [4.78, 5) is 14.5. The minimum atomic E-state index is -0.0117. The molecule has 0 aliphatic carbocycles. The van der Waals surface area contributed by atoms with Gasteiger partial charge in [-0.2, -0.15) is 0 Å². The van der Waals surface area contributed by atoms with E-state index in [4.69, 9.17) is 4.42 Å². The highest BCUT2D eigenvalue weighted by atomic mass is 16.3. The van der Waals surface area contributed by atoms with E-state index in [-0.39, 0.29) is 5.91 Å². The number of nitrogens with one attached hydrogen (secondary N) is 1. The maximum Gasteiger partial charge on any atom is 0.224 e. The number of anilines is 1. The zero-order valence-electron chi connectivity index (χ0n) is 15.5. The first-order valence-electron chi connectivity index (χ1n) is 9.02. The van der Waals surface area contributed by atoms with E-state index < -0.39 is 0 Å². The van der Waals surface area contributed by atoms with Crippen molar-refractivity contribution in [1.29, 1.82) is 0 Å². The van der Waals surface area contributed by atoms with Crippen LogP contribution in [0.25, 0.3) is 21.7 Å². The van der Waals surface area contributed by atoms with Gasteiger partial charge in [0.25, 0.3) is 0 Å². The third-order valence-electron chi connectivity index (χ3n) is 4.83. The van der Waals surface area contributed by atoms with Crippen LogP contribution in [0.4, 0.5) is 5.69 Å². The van der Waals surface area contributed by atoms with E-state index in [2.05, 4.69) is 34.5 Å². The Labute approximate surface area is 158 Å². The van der Waals surface area contributed by atoms with E-state index in [0.717, 1.165) is 38.6 Å². The van der Waals surface area contributed by atoms with Crippen molar-refractivity contribution in [3.05, 3.63) is 78.1 Å². The summed E-state index contributed by atoms with van der Waals surface area (Å²) in [6.07, 6.45) is 2.00. The van der Waals surface area contributed by atoms with Gasteiger partial charge in [-0.15, -0.1) is 0 Å². The summed E-state index contributed by atoms with van der Waals surface area (Å²) >= 11 is 0. The molecule has 4 nitrogen and oxygen atoms in total. The number of amides is 1. The minimum Gasteiger partial charge on any atom is -0.464 e. The van der Waals surface area contributed by atoms with Crippen molar-refractivity contribution in [2.24, 2.45) is 0 Å². The second-order valence-electron chi connectivity index (χ2n) is 6.94. The van der Waals surface area contributed by atoms with Crippen molar-refractivity contribution in [2.45, 2.75) is 13.0 Å². The van der Waals surface area contributed by atoms with Gasteiger partial charge in [0.15, 0.2) is 0 Å². The number of furan rings is 1. The quantitative estimate of drug-likeness (QED) is 0.571. The monoisotopic (exact) mass is 358 g/mol. The lowest BCUT2D eigenvalue weighted by molar-refractivity contribution is -0.120. The molecular weight excluding hydrogens is 336 g/mol. The van der Waals surface area contributed by atoms with E-state index in [1.165, 1.54) is 0 Å². The van der Waals surface area contributed by atoms with Gasteiger partial charge in [0.2, 0.25) is 5.91 Å². The zero-order valence-corrected chi connectivity index (χ0v) is 15.5. The summed E-state index contributed by atoms with van der Waals surface area (Å²) in [6.45, 7) is 0.517. The highest BCUT2D eigenvalue weighted by Crippen LogP contribution is 2.30. The summed E-state index contributed by atoms with van der Waals surface area (Å²) in [6, 6.07) is 20.4. The lowest BCUT2D eigenvalue weighted by Crippen LogP contribution is -2.24. The van der Waals surface area contributed by atoms with Crippen LogP contribution < -0.4 is 10.2 Å². The summed E-state index contributed by atoms with van der Waals surface area (Å²) in [5.74, 6) is -0.0117. The van der Waals surface area contributed by atoms with Gasteiger partial charge < -0.3 is 14.6 Å². The molecule has 0 aliphatic rings. The molecule has 4 heteroatoms. The van der Waals surface area contributed by atoms with E-state index in [9.17, 15) is 4.79 Å². The molecule has 4 aromatic rings. The van der Waals surface area contributed by atoms with Crippen LogP contribution in [-0.2, 0) is 17.8 Å². The lowest BCUT2D eigenvalue weighted by Gasteiger charge is -2.13. The Morgan fingerprint density at radius 1 is 1.00 bits per heavy atom. The molecule has 3 aromatic carbocycles. The van der Waals surface area contributed by atoms with Crippen LogP contribution in [0.2, 0.25) is 0 Å². The largest absolute Gasteiger partial charge is 0.464 e. The average molecular weight is 358 g/mol. The van der Waals surface area contributed by atoms with E-state index >= 15 is 0 Å². The van der Waals surface area contributed by atoms with Crippen molar-refractivity contribution >= 4 is 33.3 Å². The fourth-order valence-electron chi connectivity index (χ4n) is 3.35. The first-order chi connectivity index (χ1) is 13.1. The number of hydrogen-bond donors (Lipinski definition) is 1. The van der Waals surface area contributed by atoms with Crippen molar-refractivity contribution in [3.63, 3.8) is 0 Å². The number of nitrogens with zero attached hydrogens (tertiary/aromatic N) is 1. The van der Waals surface area contributed by atoms with E-state index in [0.29, 0.717) is 13.0 Å². The summed E-state index contributed by atoms with van der Waals surface area (Å²) in [5.41, 5.74) is 3.95. The molecule has 0 unspecified atom stereocenters. The molecule has 136 valence electrons. The van der Waals surface area contributed by atoms with Gasteiger partial charge in [-0.05, 0) is 34.5 Å². The SMILES string of the molecule is CN(C)c1ccc(CNC(=O)Cc2coc3ccc4ccccc4c23)cc1. The number of benzene rings is 3. The Balaban J connectivity index is 1.49. The first-order valence-corrected chi connectivity index (χ1v) is 9.02. The van der Waals surface area contributed by atoms with Crippen molar-refractivity contribution in [3.8, 4) is 0 Å². The molecule has 1 aromatic heterocycles. The standard InChI is InChI=1S/C23H22N2O2/c1-25(2)19-10-7-16(8-11-19)14-24-22(26)13-18-15-27-21-12-9-17-5-3-4-6-20(17)23(18)21/h3-12,15H,13-14H2,1-2H3,(H,24,26). The molecule has 0 radical (unpaired) electrons. The summed E-state index contributed by atoms with van der Waals surface area (Å²) in [7, 11) is 4.02. The average Bonchev–Trinajstić information content (AvgIpc) is 3.10. The number of hydrogen-bond acceptors (Lipinski definition) is 3. The van der Waals surface area contributed by atoms with Crippen LogP contribution in [0.3, 0.4) is 0 Å². The predicted octanol–water partition coefficient (Wildman–Crippen LogP) is 4.51. The molecule has 0 bridgehead atoms. The van der Waals surface area contributed by atoms with Gasteiger partial charge in [-0.3, -0.25) is 4.79 Å². The van der Waals surface area contributed by atoms with Crippen molar-refractivity contribution < 1.29 is 9.21 Å². The molecule has 27 heavy (non-hydrogen) atoms. The molecule has 0 aliphatic heterocycles. The smallest absolute Gasteiger partial charge is 0.224 e. The maximum absolute atomic E-state index is 12.5. The fraction of sp³-hybridized carbons (Fsp3) is 0.174. The van der Waals surface area contributed by atoms with Crippen LogP contribution in [0.1, 0.15) is 11.1 Å². The van der Waals surface area contributed by atoms with Gasteiger partial charge in [0.05, 0.1) is 12.7 Å². The highest BCUT2D eigenvalue weighted by molar-refractivity contribution is 6.08. The molecule has 0 fully saturated rings. The Morgan fingerprint density at radius 3 is 2.56 bits per heavy atom. The van der Waals surface area contributed by atoms with Crippen LogP contribution >= 0.6 is 0 Å². The third-order valence-corrected chi connectivity index (χ3v) is 4.83. The molecule has 4 rings (SSSR count).